The minimum atomic E-state index is 0.302. The van der Waals surface area contributed by atoms with Crippen molar-refractivity contribution in [3.05, 3.63) is 41.5 Å². The number of hydrogen-bond donors (Lipinski definition) is 0. The molecule has 0 aliphatic carbocycles. The Hall–Kier alpha value is -2.54. The van der Waals surface area contributed by atoms with E-state index in [-0.39, 0.29) is 0 Å². The summed E-state index contributed by atoms with van der Waals surface area (Å²) in [7, 11) is 0. The lowest BCUT2D eigenvalue weighted by atomic mass is 9.99. The number of isocyanates is 2. The molecule has 0 bridgehead atoms. The third-order valence-electron chi connectivity index (χ3n) is 2.87. The molecule has 0 unspecified atom stereocenters. The van der Waals surface area contributed by atoms with Crippen LogP contribution in [0.25, 0.3) is 10.8 Å². The van der Waals surface area contributed by atoms with Crippen LogP contribution in [0.1, 0.15) is 11.1 Å². The van der Waals surface area contributed by atoms with Gasteiger partial charge in [0.15, 0.2) is 0 Å². The predicted octanol–water partition coefficient (Wildman–Crippen LogP) is 2.95. The van der Waals surface area contributed by atoms with Crippen LogP contribution >= 0.6 is 0 Å². The number of carbonyl (C=O) groups excluding carboxylic acids is 2. The third-order valence-corrected chi connectivity index (χ3v) is 2.87. The van der Waals surface area contributed by atoms with Crippen molar-refractivity contribution in [3.8, 4) is 0 Å². The van der Waals surface area contributed by atoms with Crippen molar-refractivity contribution in [2.45, 2.75) is 13.5 Å². The van der Waals surface area contributed by atoms with Crippen molar-refractivity contribution in [1.29, 1.82) is 0 Å². The predicted molar refractivity (Wildman–Crippen MR) is 68.3 cm³/mol. The summed E-state index contributed by atoms with van der Waals surface area (Å²) in [5.41, 5.74) is 2.46. The highest BCUT2D eigenvalue weighted by Gasteiger charge is 2.06. The normalized spacial score (nSPS) is 9.61. The molecule has 4 nitrogen and oxygen atoms in total. The van der Waals surface area contributed by atoms with Crippen LogP contribution in [0.5, 0.6) is 0 Å². The molecule has 88 valence electrons. The maximum atomic E-state index is 10.3. The lowest BCUT2D eigenvalue weighted by molar-refractivity contribution is 0.562. The van der Waals surface area contributed by atoms with E-state index in [2.05, 4.69) is 9.98 Å². The molecular weight excluding hydrogens is 228 g/mol. The number of nitrogens with zero attached hydrogens (tertiary/aromatic N) is 2. The number of aryl methyl sites for hydroxylation is 1. The van der Waals surface area contributed by atoms with Crippen molar-refractivity contribution >= 4 is 28.6 Å². The molecule has 0 amide bonds. The fourth-order valence-corrected chi connectivity index (χ4v) is 1.99. The van der Waals surface area contributed by atoms with Crippen LogP contribution < -0.4 is 0 Å². The van der Waals surface area contributed by atoms with Gasteiger partial charge in [-0.3, -0.25) is 0 Å². The van der Waals surface area contributed by atoms with E-state index in [4.69, 9.17) is 0 Å². The zero-order valence-electron chi connectivity index (χ0n) is 9.80. The van der Waals surface area contributed by atoms with Gasteiger partial charge in [0.05, 0.1) is 12.2 Å². The summed E-state index contributed by atoms with van der Waals surface area (Å²) in [5, 5.41) is 1.99. The van der Waals surface area contributed by atoms with Crippen molar-refractivity contribution in [2.24, 2.45) is 9.98 Å². The summed E-state index contributed by atoms with van der Waals surface area (Å²) < 4.78 is 0. The minimum absolute atomic E-state index is 0.302. The van der Waals surface area contributed by atoms with E-state index in [1.807, 2.05) is 31.2 Å². The Kier molecular flexibility index (Phi) is 3.44. The van der Waals surface area contributed by atoms with Crippen LogP contribution in [-0.2, 0) is 16.1 Å². The van der Waals surface area contributed by atoms with Crippen molar-refractivity contribution in [1.82, 2.24) is 0 Å². The van der Waals surface area contributed by atoms with E-state index >= 15 is 0 Å². The Bertz CT molecular complexity index is 694. The van der Waals surface area contributed by atoms with E-state index in [9.17, 15) is 9.59 Å². The van der Waals surface area contributed by atoms with Crippen LogP contribution in [0.3, 0.4) is 0 Å². The Labute approximate surface area is 104 Å². The first-order valence-electron chi connectivity index (χ1n) is 5.40. The van der Waals surface area contributed by atoms with E-state index in [1.54, 1.807) is 12.1 Å². The zero-order valence-corrected chi connectivity index (χ0v) is 9.80. The van der Waals surface area contributed by atoms with Gasteiger partial charge < -0.3 is 0 Å². The van der Waals surface area contributed by atoms with Gasteiger partial charge in [-0.15, -0.1) is 0 Å². The molecule has 0 fully saturated rings. The number of aliphatic imine (C=N–C) groups is 2. The van der Waals surface area contributed by atoms with Crippen LogP contribution in [0.2, 0.25) is 0 Å². The van der Waals surface area contributed by atoms with Gasteiger partial charge in [-0.2, -0.15) is 4.99 Å². The fourth-order valence-electron chi connectivity index (χ4n) is 1.99. The van der Waals surface area contributed by atoms with Crippen molar-refractivity contribution < 1.29 is 9.59 Å². The molecule has 2 aromatic rings. The molecule has 2 rings (SSSR count). The molecule has 0 saturated carbocycles. The summed E-state index contributed by atoms with van der Waals surface area (Å²) in [4.78, 5) is 27.7. The summed E-state index contributed by atoms with van der Waals surface area (Å²) >= 11 is 0. The number of benzene rings is 2. The summed E-state index contributed by atoms with van der Waals surface area (Å²) in [5.74, 6) is 0. The highest BCUT2D eigenvalue weighted by molar-refractivity contribution is 5.92. The second-order valence-electron chi connectivity index (χ2n) is 3.83. The maximum Gasteiger partial charge on any atom is 0.240 e. The molecule has 2 aromatic carbocycles. The van der Waals surface area contributed by atoms with Gasteiger partial charge in [0.1, 0.15) is 0 Å². The molecule has 0 aliphatic heterocycles. The smallest absolute Gasteiger partial charge is 0.211 e. The van der Waals surface area contributed by atoms with Gasteiger partial charge in [-0.1, -0.05) is 24.3 Å². The number of hydrogen-bond acceptors (Lipinski definition) is 4. The topological polar surface area (TPSA) is 58.9 Å². The monoisotopic (exact) mass is 238 g/mol. The quantitative estimate of drug-likeness (QED) is 0.609. The molecule has 0 saturated heterocycles. The van der Waals surface area contributed by atoms with Crippen molar-refractivity contribution in [3.63, 3.8) is 0 Å². The molecule has 0 radical (unpaired) electrons. The molecule has 0 atom stereocenters. The molecule has 4 heteroatoms. The van der Waals surface area contributed by atoms with Gasteiger partial charge in [0, 0.05) is 0 Å². The number of fused-ring (bicyclic) bond motifs is 1. The van der Waals surface area contributed by atoms with Gasteiger partial charge in [0.25, 0.3) is 0 Å². The van der Waals surface area contributed by atoms with E-state index in [0.29, 0.717) is 12.2 Å². The molecule has 0 aromatic heterocycles. The first kappa shape index (κ1) is 11.9. The molecule has 0 heterocycles. The molecular formula is C14H10N2O2. The Morgan fingerprint density at radius 3 is 2.61 bits per heavy atom. The third kappa shape index (κ3) is 2.11. The zero-order chi connectivity index (χ0) is 13.0. The second kappa shape index (κ2) is 5.19. The van der Waals surface area contributed by atoms with Crippen LogP contribution in [0, 0.1) is 6.92 Å². The van der Waals surface area contributed by atoms with E-state index in [0.717, 1.165) is 21.9 Å². The fraction of sp³-hybridized carbons (Fsp3) is 0.143. The average molecular weight is 238 g/mol. The number of rotatable bonds is 3. The highest BCUT2D eigenvalue weighted by atomic mass is 16.1. The van der Waals surface area contributed by atoms with Crippen LogP contribution in [-0.4, -0.2) is 12.2 Å². The Balaban J connectivity index is 2.69. The molecule has 18 heavy (non-hydrogen) atoms. The lowest BCUT2D eigenvalue weighted by Gasteiger charge is -2.07. The molecule has 0 spiro atoms. The van der Waals surface area contributed by atoms with Crippen LogP contribution in [0.4, 0.5) is 5.69 Å². The summed E-state index contributed by atoms with van der Waals surface area (Å²) in [6.45, 7) is 2.20. The minimum Gasteiger partial charge on any atom is -0.211 e. The lowest BCUT2D eigenvalue weighted by Crippen LogP contribution is -1.87. The van der Waals surface area contributed by atoms with E-state index in [1.165, 1.54) is 6.08 Å². The second-order valence-corrected chi connectivity index (χ2v) is 3.83. The average Bonchev–Trinajstić information content (AvgIpc) is 2.40. The SMILES string of the molecule is Cc1c(N=C=O)ccc2c(CN=C=O)cccc12. The van der Waals surface area contributed by atoms with Crippen LogP contribution in [0.15, 0.2) is 40.3 Å². The highest BCUT2D eigenvalue weighted by Crippen LogP contribution is 2.29. The summed E-state index contributed by atoms with van der Waals surface area (Å²) in [6.07, 6.45) is 3.08. The largest absolute Gasteiger partial charge is 0.240 e. The standard InChI is InChI=1S/C14H10N2O2/c1-10-12-4-2-3-11(7-15-8-17)13(12)5-6-14(10)16-9-18/h2-6H,7H2,1H3. The molecule has 0 aliphatic rings. The van der Waals surface area contributed by atoms with Gasteiger partial charge >= 0.3 is 0 Å². The van der Waals surface area contributed by atoms with E-state index < -0.39 is 0 Å². The first-order chi connectivity index (χ1) is 8.77. The molecule has 0 N–H and O–H groups in total. The van der Waals surface area contributed by atoms with Gasteiger partial charge in [0.2, 0.25) is 12.2 Å². The van der Waals surface area contributed by atoms with Gasteiger partial charge in [-0.05, 0) is 34.9 Å². The van der Waals surface area contributed by atoms with Crippen molar-refractivity contribution in [2.75, 3.05) is 0 Å². The maximum absolute atomic E-state index is 10.3. The Morgan fingerprint density at radius 1 is 1.06 bits per heavy atom. The summed E-state index contributed by atoms with van der Waals surface area (Å²) in [6, 6.07) is 9.37. The first-order valence-corrected chi connectivity index (χ1v) is 5.40. The van der Waals surface area contributed by atoms with Gasteiger partial charge in [-0.25, -0.2) is 14.6 Å². The Morgan fingerprint density at radius 2 is 1.89 bits per heavy atom.